The number of carbonyl (C=O) groups excluding carboxylic acids is 1. The first-order valence-electron chi connectivity index (χ1n) is 9.37. The second-order valence-corrected chi connectivity index (χ2v) is 6.80. The van der Waals surface area contributed by atoms with E-state index in [1.54, 1.807) is 26.0 Å². The van der Waals surface area contributed by atoms with Crippen molar-refractivity contribution in [2.24, 2.45) is 0 Å². The fourth-order valence-electron chi connectivity index (χ4n) is 3.29. The number of morpholine rings is 1. The summed E-state index contributed by atoms with van der Waals surface area (Å²) >= 11 is 0. The van der Waals surface area contributed by atoms with Crippen LogP contribution < -0.4 is 9.47 Å². The van der Waals surface area contributed by atoms with Crippen molar-refractivity contribution in [3.8, 4) is 11.5 Å². The minimum Gasteiger partial charge on any atom is -0.497 e. The zero-order valence-corrected chi connectivity index (χ0v) is 16.6. The number of rotatable bonds is 8. The molecular weight excluding hydrogens is 358 g/mol. The fraction of sp³-hybridized carbons (Fsp3) is 0.409. The van der Waals surface area contributed by atoms with Crippen LogP contribution in [0.25, 0.3) is 0 Å². The quantitative estimate of drug-likeness (QED) is 0.699. The summed E-state index contributed by atoms with van der Waals surface area (Å²) in [7, 11) is 3.23. The van der Waals surface area contributed by atoms with E-state index in [0.717, 1.165) is 16.9 Å². The van der Waals surface area contributed by atoms with Crippen molar-refractivity contribution in [1.82, 2.24) is 4.90 Å². The minimum absolute atomic E-state index is 0.0304. The monoisotopic (exact) mass is 385 g/mol. The number of amides is 1. The highest BCUT2D eigenvalue weighted by molar-refractivity contribution is 5.81. The third kappa shape index (κ3) is 5.03. The Morgan fingerprint density at radius 1 is 1.11 bits per heavy atom. The molecule has 0 bridgehead atoms. The molecule has 3 rings (SSSR count). The maximum absolute atomic E-state index is 12.6. The van der Waals surface area contributed by atoms with Crippen molar-refractivity contribution in [2.75, 3.05) is 27.4 Å². The summed E-state index contributed by atoms with van der Waals surface area (Å²) in [5.74, 6) is 1.38. The molecule has 150 valence electrons. The highest BCUT2D eigenvalue weighted by Crippen LogP contribution is 2.27. The van der Waals surface area contributed by atoms with Crippen molar-refractivity contribution in [3.63, 3.8) is 0 Å². The van der Waals surface area contributed by atoms with Crippen LogP contribution in [0.4, 0.5) is 0 Å². The van der Waals surface area contributed by atoms with Gasteiger partial charge in [-0.05, 0) is 24.6 Å². The first-order valence-corrected chi connectivity index (χ1v) is 9.37. The fourth-order valence-corrected chi connectivity index (χ4v) is 3.29. The number of carbonyl (C=O) groups is 1. The molecule has 2 atom stereocenters. The average molecular weight is 385 g/mol. The van der Waals surface area contributed by atoms with Gasteiger partial charge < -0.3 is 23.8 Å². The predicted octanol–water partition coefficient (Wildman–Crippen LogP) is 3.04. The summed E-state index contributed by atoms with van der Waals surface area (Å²) in [6.07, 6.45) is -0.663. The third-order valence-corrected chi connectivity index (χ3v) is 4.75. The first kappa shape index (κ1) is 20.2. The van der Waals surface area contributed by atoms with Crippen molar-refractivity contribution in [1.29, 1.82) is 0 Å². The van der Waals surface area contributed by atoms with Gasteiger partial charge in [-0.3, -0.25) is 4.79 Å². The van der Waals surface area contributed by atoms with Gasteiger partial charge in [-0.1, -0.05) is 30.3 Å². The van der Waals surface area contributed by atoms with E-state index in [1.165, 1.54) is 0 Å². The smallest absolute Gasteiger partial charge is 0.251 e. The highest BCUT2D eigenvalue weighted by Gasteiger charge is 2.32. The molecule has 28 heavy (non-hydrogen) atoms. The lowest BCUT2D eigenvalue weighted by Crippen LogP contribution is -2.51. The van der Waals surface area contributed by atoms with Crippen LogP contribution in [0.15, 0.2) is 48.5 Å². The summed E-state index contributed by atoms with van der Waals surface area (Å²) in [4.78, 5) is 14.4. The molecule has 6 heteroatoms. The number of hydrogen-bond donors (Lipinski definition) is 0. The van der Waals surface area contributed by atoms with Crippen molar-refractivity contribution >= 4 is 5.91 Å². The lowest BCUT2D eigenvalue weighted by molar-refractivity contribution is -0.166. The molecular formula is C22H27NO5. The van der Waals surface area contributed by atoms with E-state index < -0.39 is 6.10 Å². The van der Waals surface area contributed by atoms with Gasteiger partial charge in [-0.15, -0.1) is 0 Å². The molecule has 0 saturated carbocycles. The maximum Gasteiger partial charge on any atom is 0.251 e. The van der Waals surface area contributed by atoms with E-state index in [2.05, 4.69) is 0 Å². The van der Waals surface area contributed by atoms with Crippen LogP contribution >= 0.6 is 0 Å². The van der Waals surface area contributed by atoms with Gasteiger partial charge in [-0.2, -0.15) is 0 Å². The normalized spacial score (nSPS) is 19.5. The Kier molecular flexibility index (Phi) is 6.90. The van der Waals surface area contributed by atoms with E-state index >= 15 is 0 Å². The first-order chi connectivity index (χ1) is 13.6. The minimum atomic E-state index is -0.497. The van der Waals surface area contributed by atoms with Crippen molar-refractivity contribution in [2.45, 2.75) is 32.3 Å². The summed E-state index contributed by atoms with van der Waals surface area (Å²) in [5, 5.41) is 0. The lowest BCUT2D eigenvalue weighted by Gasteiger charge is -2.36. The largest absolute Gasteiger partial charge is 0.497 e. The van der Waals surface area contributed by atoms with Gasteiger partial charge in [-0.25, -0.2) is 0 Å². The Bertz CT molecular complexity index is 780. The van der Waals surface area contributed by atoms with E-state index in [-0.39, 0.29) is 12.0 Å². The van der Waals surface area contributed by atoms with Crippen LogP contribution in [-0.2, 0) is 27.4 Å². The Labute approximate surface area is 166 Å². The molecule has 1 amide bonds. The van der Waals surface area contributed by atoms with Crippen LogP contribution in [0, 0.1) is 0 Å². The second kappa shape index (κ2) is 9.57. The predicted molar refractivity (Wildman–Crippen MR) is 105 cm³/mol. The summed E-state index contributed by atoms with van der Waals surface area (Å²) in [6.45, 7) is 3.67. The molecule has 1 fully saturated rings. The summed E-state index contributed by atoms with van der Waals surface area (Å²) < 4.78 is 22.3. The maximum atomic E-state index is 12.6. The van der Waals surface area contributed by atoms with Gasteiger partial charge in [0.2, 0.25) is 0 Å². The molecule has 0 aromatic heterocycles. The number of nitrogens with zero attached hydrogens (tertiary/aromatic N) is 1. The molecule has 2 aromatic carbocycles. The summed E-state index contributed by atoms with van der Waals surface area (Å²) in [6, 6.07) is 15.6. The number of benzene rings is 2. The molecule has 2 aromatic rings. The molecule has 0 spiro atoms. The zero-order chi connectivity index (χ0) is 19.9. The topological polar surface area (TPSA) is 57.2 Å². The molecule has 6 nitrogen and oxygen atoms in total. The molecule has 0 N–H and O–H groups in total. The van der Waals surface area contributed by atoms with Crippen molar-refractivity contribution < 1.29 is 23.7 Å². The average Bonchev–Trinajstić information content (AvgIpc) is 2.72. The second-order valence-electron chi connectivity index (χ2n) is 6.80. The Hall–Kier alpha value is -2.57. The van der Waals surface area contributed by atoms with E-state index in [9.17, 15) is 4.79 Å². The van der Waals surface area contributed by atoms with Gasteiger partial charge in [0.15, 0.2) is 0 Å². The van der Waals surface area contributed by atoms with Crippen LogP contribution in [-0.4, -0.2) is 50.4 Å². The van der Waals surface area contributed by atoms with E-state index in [0.29, 0.717) is 32.1 Å². The third-order valence-electron chi connectivity index (χ3n) is 4.75. The van der Waals surface area contributed by atoms with Gasteiger partial charge in [0.1, 0.15) is 17.6 Å². The molecule has 1 heterocycles. The SMILES string of the molecule is COc1ccc(CN2C[C@H](COCc3ccccc3)OC(C)C2=O)c(OC)c1. The Morgan fingerprint density at radius 2 is 1.89 bits per heavy atom. The molecule has 1 aliphatic rings. The molecule has 0 aliphatic carbocycles. The molecule has 1 saturated heterocycles. The van der Waals surface area contributed by atoms with Crippen LogP contribution in [0.1, 0.15) is 18.1 Å². The molecule has 1 aliphatic heterocycles. The number of hydrogen-bond acceptors (Lipinski definition) is 5. The highest BCUT2D eigenvalue weighted by atomic mass is 16.5. The number of methoxy groups -OCH3 is 2. The standard InChI is InChI=1S/C22H27NO5/c1-16-22(24)23(12-18-9-10-19(25-2)11-21(18)26-3)13-20(28-16)15-27-14-17-7-5-4-6-8-17/h4-11,16,20H,12-15H2,1-3H3/t16?,20-/m1/s1. The molecule has 1 unspecified atom stereocenters. The zero-order valence-electron chi connectivity index (χ0n) is 16.6. The van der Waals surface area contributed by atoms with Crippen molar-refractivity contribution in [3.05, 3.63) is 59.7 Å². The lowest BCUT2D eigenvalue weighted by atomic mass is 10.1. The van der Waals surface area contributed by atoms with Gasteiger partial charge in [0.05, 0.1) is 33.5 Å². The number of ether oxygens (including phenoxy) is 4. The molecule has 0 radical (unpaired) electrons. The Balaban J connectivity index is 1.61. The summed E-state index contributed by atoms with van der Waals surface area (Å²) in [5.41, 5.74) is 2.04. The van der Waals surface area contributed by atoms with Gasteiger partial charge in [0.25, 0.3) is 5.91 Å². The van der Waals surface area contributed by atoms with Gasteiger partial charge >= 0.3 is 0 Å². The van der Waals surface area contributed by atoms with E-state index in [4.69, 9.17) is 18.9 Å². The van der Waals surface area contributed by atoms with E-state index in [1.807, 2.05) is 48.5 Å². The Morgan fingerprint density at radius 3 is 2.61 bits per heavy atom. The van der Waals surface area contributed by atoms with Crippen LogP contribution in [0.5, 0.6) is 11.5 Å². The van der Waals surface area contributed by atoms with Crippen LogP contribution in [0.2, 0.25) is 0 Å². The van der Waals surface area contributed by atoms with Crippen LogP contribution in [0.3, 0.4) is 0 Å². The van der Waals surface area contributed by atoms with Gasteiger partial charge in [0, 0.05) is 24.7 Å².